The molecule has 0 fully saturated rings. The fourth-order valence-electron chi connectivity index (χ4n) is 2.33. The van der Waals surface area contributed by atoms with Gasteiger partial charge in [0.25, 0.3) is 0 Å². The molecule has 0 heterocycles. The minimum Gasteiger partial charge on any atom is -0.352 e. The molecular formula is C19H23ClN2O. The molecule has 23 heavy (non-hydrogen) atoms. The molecule has 0 atom stereocenters. The van der Waals surface area contributed by atoms with E-state index in [1.165, 1.54) is 5.56 Å². The lowest BCUT2D eigenvalue weighted by atomic mass is 10.1. The summed E-state index contributed by atoms with van der Waals surface area (Å²) in [6.45, 7) is 1.50. The molecule has 0 radical (unpaired) electrons. The Balaban J connectivity index is 1.74. The monoisotopic (exact) mass is 330 g/mol. The summed E-state index contributed by atoms with van der Waals surface area (Å²) in [7, 11) is 4.10. The van der Waals surface area contributed by atoms with Crippen molar-refractivity contribution in [2.45, 2.75) is 25.9 Å². The number of aryl methyl sites for hydroxylation is 1. The SMILES string of the molecule is CN(C)Cc1ccc(CNC(=O)CCc2ccc(Cl)cc2)cc1. The van der Waals surface area contributed by atoms with Crippen molar-refractivity contribution in [1.82, 2.24) is 10.2 Å². The summed E-state index contributed by atoms with van der Waals surface area (Å²) in [5.74, 6) is 0.0670. The minimum atomic E-state index is 0.0670. The Hall–Kier alpha value is -1.84. The van der Waals surface area contributed by atoms with Crippen LogP contribution in [0.25, 0.3) is 0 Å². The molecule has 2 aromatic carbocycles. The number of nitrogens with one attached hydrogen (secondary N) is 1. The van der Waals surface area contributed by atoms with E-state index in [0.29, 0.717) is 13.0 Å². The standard InChI is InChI=1S/C19H23ClN2O/c1-22(2)14-17-5-3-16(4-6-17)13-21-19(23)12-9-15-7-10-18(20)11-8-15/h3-8,10-11H,9,12-14H2,1-2H3,(H,21,23). The van der Waals surface area contributed by atoms with Gasteiger partial charge in [0, 0.05) is 24.5 Å². The van der Waals surface area contributed by atoms with Crippen LogP contribution in [0.5, 0.6) is 0 Å². The number of hydrogen-bond acceptors (Lipinski definition) is 2. The first-order valence-corrected chi connectivity index (χ1v) is 8.14. The second-order valence-corrected chi connectivity index (χ2v) is 6.39. The Morgan fingerprint density at radius 2 is 1.52 bits per heavy atom. The Morgan fingerprint density at radius 3 is 2.13 bits per heavy atom. The van der Waals surface area contributed by atoms with Gasteiger partial charge in [-0.15, -0.1) is 0 Å². The van der Waals surface area contributed by atoms with Crippen molar-refractivity contribution in [3.63, 3.8) is 0 Å². The van der Waals surface area contributed by atoms with Crippen LogP contribution < -0.4 is 5.32 Å². The Morgan fingerprint density at radius 1 is 0.957 bits per heavy atom. The van der Waals surface area contributed by atoms with E-state index in [-0.39, 0.29) is 5.91 Å². The van der Waals surface area contributed by atoms with Crippen molar-refractivity contribution in [2.75, 3.05) is 14.1 Å². The molecule has 4 heteroatoms. The third kappa shape index (κ3) is 6.43. The number of rotatable bonds is 7. The fourth-order valence-corrected chi connectivity index (χ4v) is 2.45. The van der Waals surface area contributed by atoms with Crippen molar-refractivity contribution in [3.8, 4) is 0 Å². The van der Waals surface area contributed by atoms with E-state index in [2.05, 4.69) is 48.6 Å². The maximum Gasteiger partial charge on any atom is 0.220 e. The lowest BCUT2D eigenvalue weighted by Gasteiger charge is -2.10. The molecule has 1 N–H and O–H groups in total. The van der Waals surface area contributed by atoms with Crippen LogP contribution in [0.1, 0.15) is 23.1 Å². The van der Waals surface area contributed by atoms with Gasteiger partial charge in [0.1, 0.15) is 0 Å². The molecule has 2 aromatic rings. The first kappa shape index (κ1) is 17.5. The fraction of sp³-hybridized carbons (Fsp3) is 0.316. The lowest BCUT2D eigenvalue weighted by Crippen LogP contribution is -2.23. The van der Waals surface area contributed by atoms with Crippen LogP contribution in [-0.4, -0.2) is 24.9 Å². The highest BCUT2D eigenvalue weighted by atomic mass is 35.5. The van der Waals surface area contributed by atoms with Crippen molar-refractivity contribution >= 4 is 17.5 Å². The summed E-state index contributed by atoms with van der Waals surface area (Å²) in [4.78, 5) is 14.1. The average molecular weight is 331 g/mol. The minimum absolute atomic E-state index is 0.0670. The van der Waals surface area contributed by atoms with Crippen LogP contribution in [0.2, 0.25) is 5.02 Å². The summed E-state index contributed by atoms with van der Waals surface area (Å²) < 4.78 is 0. The van der Waals surface area contributed by atoms with Gasteiger partial charge in [-0.25, -0.2) is 0 Å². The topological polar surface area (TPSA) is 32.3 Å². The molecule has 0 spiro atoms. The molecule has 3 nitrogen and oxygen atoms in total. The van der Waals surface area contributed by atoms with Crippen LogP contribution in [0.4, 0.5) is 0 Å². The summed E-state index contributed by atoms with van der Waals surface area (Å²) in [6, 6.07) is 16.0. The third-order valence-electron chi connectivity index (χ3n) is 3.57. The summed E-state index contributed by atoms with van der Waals surface area (Å²) in [6.07, 6.45) is 1.21. The van der Waals surface area contributed by atoms with E-state index in [9.17, 15) is 4.79 Å². The molecule has 0 saturated heterocycles. The molecule has 0 bridgehead atoms. The highest BCUT2D eigenvalue weighted by Gasteiger charge is 2.03. The zero-order chi connectivity index (χ0) is 16.7. The largest absolute Gasteiger partial charge is 0.352 e. The van der Waals surface area contributed by atoms with Crippen LogP contribution in [0.3, 0.4) is 0 Å². The maximum atomic E-state index is 11.9. The van der Waals surface area contributed by atoms with Crippen LogP contribution in [-0.2, 0) is 24.3 Å². The van der Waals surface area contributed by atoms with Crippen LogP contribution in [0.15, 0.2) is 48.5 Å². The van der Waals surface area contributed by atoms with Gasteiger partial charge in [-0.1, -0.05) is 48.0 Å². The van der Waals surface area contributed by atoms with Gasteiger partial charge >= 0.3 is 0 Å². The highest BCUT2D eigenvalue weighted by molar-refractivity contribution is 6.30. The molecule has 0 aliphatic rings. The average Bonchev–Trinajstić information content (AvgIpc) is 2.53. The Kier molecular flexibility index (Phi) is 6.63. The molecule has 0 saturated carbocycles. The van der Waals surface area contributed by atoms with Crippen molar-refractivity contribution in [1.29, 1.82) is 0 Å². The zero-order valence-corrected chi connectivity index (χ0v) is 14.4. The Bertz CT molecular complexity index is 621. The number of carbonyl (C=O) groups excluding carboxylic acids is 1. The van der Waals surface area contributed by atoms with Gasteiger partial charge in [0.2, 0.25) is 5.91 Å². The molecule has 0 aromatic heterocycles. The summed E-state index contributed by atoms with van der Waals surface area (Å²) >= 11 is 5.85. The van der Waals surface area contributed by atoms with Crippen molar-refractivity contribution in [2.24, 2.45) is 0 Å². The quantitative estimate of drug-likeness (QED) is 0.840. The third-order valence-corrected chi connectivity index (χ3v) is 3.82. The molecule has 0 aliphatic heterocycles. The normalized spacial score (nSPS) is 10.8. The first-order chi connectivity index (χ1) is 11.0. The molecule has 122 valence electrons. The van der Waals surface area contributed by atoms with Gasteiger partial charge in [-0.05, 0) is 49.3 Å². The zero-order valence-electron chi connectivity index (χ0n) is 13.7. The summed E-state index contributed by atoms with van der Waals surface area (Å²) in [5, 5.41) is 3.68. The first-order valence-electron chi connectivity index (χ1n) is 7.76. The van der Waals surface area contributed by atoms with Crippen LogP contribution in [0, 0.1) is 0 Å². The number of nitrogens with zero attached hydrogens (tertiary/aromatic N) is 1. The lowest BCUT2D eigenvalue weighted by molar-refractivity contribution is -0.121. The van der Waals surface area contributed by atoms with Crippen LogP contribution >= 0.6 is 11.6 Å². The summed E-state index contributed by atoms with van der Waals surface area (Å²) in [5.41, 5.74) is 3.51. The molecule has 0 unspecified atom stereocenters. The van der Waals surface area contributed by atoms with Gasteiger partial charge in [-0.3, -0.25) is 4.79 Å². The molecule has 2 rings (SSSR count). The van der Waals surface area contributed by atoms with Gasteiger partial charge in [0.05, 0.1) is 0 Å². The smallest absolute Gasteiger partial charge is 0.220 e. The van der Waals surface area contributed by atoms with E-state index in [1.807, 2.05) is 24.3 Å². The maximum absolute atomic E-state index is 11.9. The van der Waals surface area contributed by atoms with E-state index >= 15 is 0 Å². The number of carbonyl (C=O) groups is 1. The molecular weight excluding hydrogens is 308 g/mol. The van der Waals surface area contributed by atoms with E-state index in [1.54, 1.807) is 0 Å². The predicted octanol–water partition coefficient (Wildman–Crippen LogP) is 3.65. The second kappa shape index (κ2) is 8.70. The second-order valence-electron chi connectivity index (χ2n) is 5.96. The van der Waals surface area contributed by atoms with Gasteiger partial charge in [0.15, 0.2) is 0 Å². The molecule has 1 amide bonds. The molecule has 0 aliphatic carbocycles. The van der Waals surface area contributed by atoms with Crippen molar-refractivity contribution in [3.05, 3.63) is 70.2 Å². The van der Waals surface area contributed by atoms with E-state index in [4.69, 9.17) is 11.6 Å². The number of amides is 1. The number of halogens is 1. The number of hydrogen-bond donors (Lipinski definition) is 1. The highest BCUT2D eigenvalue weighted by Crippen LogP contribution is 2.11. The van der Waals surface area contributed by atoms with E-state index < -0.39 is 0 Å². The Labute approximate surface area is 143 Å². The number of benzene rings is 2. The van der Waals surface area contributed by atoms with E-state index in [0.717, 1.165) is 29.1 Å². The van der Waals surface area contributed by atoms with Gasteiger partial charge < -0.3 is 10.2 Å². The predicted molar refractivity (Wildman–Crippen MR) is 95.5 cm³/mol. The van der Waals surface area contributed by atoms with Crippen molar-refractivity contribution < 1.29 is 4.79 Å². The van der Waals surface area contributed by atoms with Gasteiger partial charge in [-0.2, -0.15) is 0 Å².